The number of amides is 1. The van der Waals surface area contributed by atoms with Gasteiger partial charge in [0.2, 0.25) is 10.0 Å². The average molecular weight is 419 g/mol. The predicted molar refractivity (Wildman–Crippen MR) is 102 cm³/mol. The summed E-state index contributed by atoms with van der Waals surface area (Å²) in [7, 11) is -4.30. The number of esters is 1. The van der Waals surface area contributed by atoms with Gasteiger partial charge in [-0.15, -0.1) is 0 Å². The molecular formula is C19H18FN3O5S. The number of nitrogens with zero attached hydrogens (tertiary/aromatic N) is 1. The highest BCUT2D eigenvalue weighted by molar-refractivity contribution is 7.89. The first-order valence-corrected chi connectivity index (χ1v) is 9.90. The zero-order valence-corrected chi connectivity index (χ0v) is 16.4. The van der Waals surface area contributed by atoms with Crippen molar-refractivity contribution in [3.63, 3.8) is 0 Å². The molecule has 0 aromatic heterocycles. The lowest BCUT2D eigenvalue weighted by atomic mass is 10.2. The Morgan fingerprint density at radius 2 is 1.83 bits per heavy atom. The fraction of sp³-hybridized carbons (Fsp3) is 0.211. The molecule has 0 fully saturated rings. The minimum atomic E-state index is -4.30. The topological polar surface area (TPSA) is 125 Å². The molecule has 0 spiro atoms. The molecule has 0 heterocycles. The quantitative estimate of drug-likeness (QED) is 0.661. The number of benzene rings is 2. The van der Waals surface area contributed by atoms with Crippen molar-refractivity contribution in [2.75, 3.05) is 5.32 Å². The number of hydrogen-bond donors (Lipinski definition) is 2. The van der Waals surface area contributed by atoms with Gasteiger partial charge in [-0.25, -0.2) is 12.8 Å². The van der Waals surface area contributed by atoms with E-state index >= 15 is 0 Å². The molecular weight excluding hydrogens is 401 g/mol. The minimum absolute atomic E-state index is 0.337. The number of carbonyl (C=O) groups is 2. The van der Waals surface area contributed by atoms with Gasteiger partial charge in [-0.1, -0.05) is 18.2 Å². The van der Waals surface area contributed by atoms with Gasteiger partial charge in [-0.2, -0.15) is 9.98 Å². The smallest absolute Gasteiger partial charge is 0.324 e. The van der Waals surface area contributed by atoms with E-state index in [-0.39, 0.29) is 0 Å². The molecule has 1 amide bonds. The molecule has 0 aliphatic heterocycles. The summed E-state index contributed by atoms with van der Waals surface area (Å²) in [4.78, 5) is 23.7. The second kappa shape index (κ2) is 9.27. The lowest BCUT2D eigenvalue weighted by Gasteiger charge is -2.18. The monoisotopic (exact) mass is 419 g/mol. The number of rotatable bonds is 7. The Kier molecular flexibility index (Phi) is 7.03. The first kappa shape index (κ1) is 22.0. The number of carbonyl (C=O) groups excluding carboxylic acids is 2. The van der Waals surface area contributed by atoms with E-state index in [0.717, 1.165) is 12.1 Å². The van der Waals surface area contributed by atoms with E-state index in [0.29, 0.717) is 11.3 Å². The van der Waals surface area contributed by atoms with E-state index in [1.807, 2.05) is 10.8 Å². The number of hydrogen-bond acceptors (Lipinski definition) is 6. The summed E-state index contributed by atoms with van der Waals surface area (Å²) in [6.07, 6.45) is -1.24. The highest BCUT2D eigenvalue weighted by atomic mass is 32.2. The average Bonchev–Trinajstić information content (AvgIpc) is 2.67. The second-order valence-corrected chi connectivity index (χ2v) is 7.72. The van der Waals surface area contributed by atoms with Crippen molar-refractivity contribution in [3.05, 3.63) is 59.9 Å². The van der Waals surface area contributed by atoms with Crippen LogP contribution in [0.15, 0.2) is 53.4 Å². The molecule has 10 heteroatoms. The summed E-state index contributed by atoms with van der Waals surface area (Å²) >= 11 is 0. The SMILES string of the molecule is C[C@H](OC(=O)[C@@H](C)NS(=O)(=O)c1ccccc1F)C(=O)Nc1cccc(C#N)c1. The number of sulfonamides is 1. The Morgan fingerprint density at radius 3 is 2.48 bits per heavy atom. The zero-order valence-electron chi connectivity index (χ0n) is 15.5. The molecule has 29 heavy (non-hydrogen) atoms. The summed E-state index contributed by atoms with van der Waals surface area (Å²) in [6, 6.07) is 11.4. The van der Waals surface area contributed by atoms with Crippen LogP contribution in [-0.4, -0.2) is 32.4 Å². The number of anilines is 1. The Balaban J connectivity index is 1.98. The number of nitriles is 1. The van der Waals surface area contributed by atoms with Gasteiger partial charge in [0.25, 0.3) is 5.91 Å². The Hall–Kier alpha value is -3.29. The molecule has 0 saturated heterocycles. The maximum Gasteiger partial charge on any atom is 0.324 e. The lowest BCUT2D eigenvalue weighted by molar-refractivity contribution is -0.154. The summed E-state index contributed by atoms with van der Waals surface area (Å²) in [6.45, 7) is 2.52. The lowest BCUT2D eigenvalue weighted by Crippen LogP contribution is -2.42. The highest BCUT2D eigenvalue weighted by Gasteiger charge is 2.27. The van der Waals surface area contributed by atoms with Gasteiger partial charge in [0.15, 0.2) is 6.10 Å². The normalized spacial score (nSPS) is 13.0. The first-order valence-electron chi connectivity index (χ1n) is 8.42. The fourth-order valence-corrected chi connectivity index (χ4v) is 3.52. The van der Waals surface area contributed by atoms with E-state index in [1.165, 1.54) is 32.0 Å². The van der Waals surface area contributed by atoms with Gasteiger partial charge in [-0.05, 0) is 44.2 Å². The van der Waals surface area contributed by atoms with Crippen molar-refractivity contribution >= 4 is 27.6 Å². The Labute approximate surface area is 167 Å². The van der Waals surface area contributed by atoms with Crippen molar-refractivity contribution in [1.82, 2.24) is 4.72 Å². The van der Waals surface area contributed by atoms with E-state index in [4.69, 9.17) is 10.00 Å². The third kappa shape index (κ3) is 5.84. The molecule has 0 bridgehead atoms. The molecule has 0 radical (unpaired) electrons. The van der Waals surface area contributed by atoms with E-state index in [2.05, 4.69) is 5.32 Å². The van der Waals surface area contributed by atoms with Crippen LogP contribution in [0.25, 0.3) is 0 Å². The van der Waals surface area contributed by atoms with Gasteiger partial charge in [0.05, 0.1) is 11.6 Å². The van der Waals surface area contributed by atoms with Crippen molar-refractivity contribution in [3.8, 4) is 6.07 Å². The molecule has 0 aliphatic rings. The highest BCUT2D eigenvalue weighted by Crippen LogP contribution is 2.14. The Bertz CT molecular complexity index is 1070. The van der Waals surface area contributed by atoms with Gasteiger partial charge in [-0.3, -0.25) is 9.59 Å². The summed E-state index contributed by atoms with van der Waals surface area (Å²) in [5, 5.41) is 11.4. The van der Waals surface area contributed by atoms with Crippen molar-refractivity contribution < 1.29 is 27.1 Å². The molecule has 2 atom stereocenters. The molecule has 0 unspecified atom stereocenters. The Morgan fingerprint density at radius 1 is 1.14 bits per heavy atom. The molecule has 2 aromatic carbocycles. The van der Waals surface area contributed by atoms with Crippen LogP contribution in [0, 0.1) is 17.1 Å². The summed E-state index contributed by atoms with van der Waals surface area (Å²) in [5.41, 5.74) is 0.675. The molecule has 2 aromatic rings. The van der Waals surface area contributed by atoms with E-state index in [1.54, 1.807) is 18.2 Å². The van der Waals surface area contributed by atoms with Gasteiger partial charge < -0.3 is 10.1 Å². The molecule has 2 rings (SSSR count). The maximum absolute atomic E-state index is 13.7. The fourth-order valence-electron chi connectivity index (χ4n) is 2.25. The van der Waals surface area contributed by atoms with Gasteiger partial charge in [0, 0.05) is 5.69 Å². The number of halogens is 1. The zero-order chi connectivity index (χ0) is 21.6. The van der Waals surface area contributed by atoms with Crippen LogP contribution in [0.1, 0.15) is 19.4 Å². The molecule has 0 saturated carbocycles. The van der Waals surface area contributed by atoms with Crippen LogP contribution in [0.4, 0.5) is 10.1 Å². The van der Waals surface area contributed by atoms with Crippen molar-refractivity contribution in [2.45, 2.75) is 30.9 Å². The summed E-state index contributed by atoms with van der Waals surface area (Å²) in [5.74, 6) is -2.65. The summed E-state index contributed by atoms with van der Waals surface area (Å²) < 4.78 is 45.1. The van der Waals surface area contributed by atoms with Gasteiger partial charge >= 0.3 is 5.97 Å². The third-order valence-electron chi connectivity index (χ3n) is 3.73. The maximum atomic E-state index is 13.7. The van der Waals surface area contributed by atoms with Gasteiger partial charge in [0.1, 0.15) is 16.8 Å². The van der Waals surface area contributed by atoms with Crippen molar-refractivity contribution in [2.24, 2.45) is 0 Å². The molecule has 8 nitrogen and oxygen atoms in total. The van der Waals surface area contributed by atoms with Crippen LogP contribution in [-0.2, 0) is 24.3 Å². The van der Waals surface area contributed by atoms with E-state index < -0.39 is 44.8 Å². The predicted octanol–water partition coefficient (Wildman–Crippen LogP) is 1.93. The van der Waals surface area contributed by atoms with E-state index in [9.17, 15) is 22.4 Å². The second-order valence-electron chi connectivity index (χ2n) is 6.03. The largest absolute Gasteiger partial charge is 0.451 e. The van der Waals surface area contributed by atoms with Crippen LogP contribution >= 0.6 is 0 Å². The molecule has 152 valence electrons. The molecule has 2 N–H and O–H groups in total. The van der Waals surface area contributed by atoms with Crippen LogP contribution in [0.2, 0.25) is 0 Å². The third-order valence-corrected chi connectivity index (χ3v) is 5.31. The standard InChI is InChI=1S/C19H18FN3O5S/c1-12(23-29(26,27)17-9-4-3-8-16(17)20)19(25)28-13(2)18(24)22-15-7-5-6-14(10-15)11-21/h3-10,12-13,23H,1-2H3,(H,22,24)/t12-,13+/m1/s1. The number of ether oxygens (including phenoxy) is 1. The van der Waals surface area contributed by atoms with Crippen molar-refractivity contribution in [1.29, 1.82) is 5.26 Å². The first-order chi connectivity index (χ1) is 13.6. The minimum Gasteiger partial charge on any atom is -0.451 e. The number of nitrogens with one attached hydrogen (secondary N) is 2. The van der Waals surface area contributed by atoms with Crippen LogP contribution in [0.3, 0.4) is 0 Å². The molecule has 0 aliphatic carbocycles. The van der Waals surface area contributed by atoms with Crippen LogP contribution in [0.5, 0.6) is 0 Å². The van der Waals surface area contributed by atoms with Crippen LogP contribution < -0.4 is 10.0 Å².